The van der Waals surface area contributed by atoms with Gasteiger partial charge in [0.2, 0.25) is 0 Å². The lowest BCUT2D eigenvalue weighted by atomic mass is 10.2. The zero-order valence-electron chi connectivity index (χ0n) is 11.2. The quantitative estimate of drug-likeness (QED) is 0.511. The van der Waals surface area contributed by atoms with Crippen molar-refractivity contribution in [3.05, 3.63) is 28.7 Å². The van der Waals surface area contributed by atoms with Crippen molar-refractivity contribution in [2.45, 2.75) is 25.8 Å². The molecule has 0 radical (unpaired) electrons. The second kappa shape index (κ2) is 5.61. The predicted molar refractivity (Wildman–Crippen MR) is 69.5 cm³/mol. The Labute approximate surface area is 116 Å². The van der Waals surface area contributed by atoms with Crippen LogP contribution in [0, 0.1) is 18.3 Å². The lowest BCUT2D eigenvalue weighted by Crippen LogP contribution is -2.26. The minimum atomic E-state index is -0.521. The smallest absolute Gasteiger partial charge is 0.341 e. The van der Waals surface area contributed by atoms with Crippen molar-refractivity contribution in [3.8, 4) is 6.07 Å². The molecule has 1 aromatic heterocycles. The fourth-order valence-electron chi connectivity index (χ4n) is 1.67. The Hall–Kier alpha value is -2.55. The van der Waals surface area contributed by atoms with Crippen molar-refractivity contribution in [1.82, 2.24) is 5.32 Å². The van der Waals surface area contributed by atoms with Gasteiger partial charge in [-0.2, -0.15) is 5.26 Å². The van der Waals surface area contributed by atoms with Crippen molar-refractivity contribution in [3.63, 3.8) is 0 Å². The number of furan rings is 1. The Morgan fingerprint density at radius 2 is 2.25 bits per heavy atom. The van der Waals surface area contributed by atoms with E-state index in [1.807, 2.05) is 6.07 Å². The summed E-state index contributed by atoms with van der Waals surface area (Å²) in [5.74, 6) is -0.302. The van der Waals surface area contributed by atoms with Crippen LogP contribution in [-0.4, -0.2) is 25.0 Å². The van der Waals surface area contributed by atoms with Gasteiger partial charge in [0, 0.05) is 12.1 Å². The third-order valence-corrected chi connectivity index (χ3v) is 2.91. The summed E-state index contributed by atoms with van der Waals surface area (Å²) >= 11 is 0. The van der Waals surface area contributed by atoms with Crippen molar-refractivity contribution in [2.75, 3.05) is 7.11 Å². The number of nitrogens with zero attached hydrogens (tertiary/aromatic N) is 1. The van der Waals surface area contributed by atoms with Crippen LogP contribution in [0.4, 0.5) is 0 Å². The molecule has 0 aromatic carbocycles. The number of nitrogens with one attached hydrogen (secondary N) is 1. The maximum atomic E-state index is 11.8. The number of hydrogen-bond donors (Lipinski definition) is 1. The molecule has 0 aliphatic heterocycles. The van der Waals surface area contributed by atoms with Gasteiger partial charge in [-0.25, -0.2) is 4.79 Å². The molecular weight excluding hydrogens is 260 g/mol. The highest BCUT2D eigenvalue weighted by Crippen LogP contribution is 2.21. The zero-order chi connectivity index (χ0) is 14.7. The topological polar surface area (TPSA) is 92.3 Å². The molecular formula is C14H14N2O4. The third kappa shape index (κ3) is 3.06. The van der Waals surface area contributed by atoms with Gasteiger partial charge in [0.1, 0.15) is 28.7 Å². The van der Waals surface area contributed by atoms with Gasteiger partial charge < -0.3 is 14.5 Å². The van der Waals surface area contributed by atoms with Crippen LogP contribution < -0.4 is 5.32 Å². The van der Waals surface area contributed by atoms with E-state index in [9.17, 15) is 9.59 Å². The summed E-state index contributed by atoms with van der Waals surface area (Å²) in [5, 5.41) is 11.7. The molecule has 20 heavy (non-hydrogen) atoms. The molecule has 0 bridgehead atoms. The number of rotatable bonds is 4. The molecule has 0 atom stereocenters. The maximum Gasteiger partial charge on any atom is 0.341 e. The summed E-state index contributed by atoms with van der Waals surface area (Å²) < 4.78 is 9.94. The molecule has 6 heteroatoms. The average Bonchev–Trinajstić information content (AvgIpc) is 3.16. The second-order valence-corrected chi connectivity index (χ2v) is 4.53. The zero-order valence-corrected chi connectivity index (χ0v) is 11.2. The number of esters is 1. The van der Waals surface area contributed by atoms with E-state index in [0.29, 0.717) is 5.76 Å². The summed E-state index contributed by atoms with van der Waals surface area (Å²) in [6.45, 7) is 1.61. The van der Waals surface area contributed by atoms with Gasteiger partial charge in [-0.05, 0) is 25.8 Å². The van der Waals surface area contributed by atoms with Gasteiger partial charge in [-0.15, -0.1) is 0 Å². The Balaban J connectivity index is 2.21. The highest BCUT2D eigenvalue weighted by Gasteiger charge is 2.25. The molecule has 1 heterocycles. The van der Waals surface area contributed by atoms with Gasteiger partial charge in [-0.1, -0.05) is 0 Å². The normalized spacial score (nSPS) is 14.6. The highest BCUT2D eigenvalue weighted by molar-refractivity contribution is 6.02. The van der Waals surface area contributed by atoms with Crippen LogP contribution in [0.1, 0.15) is 34.7 Å². The first kappa shape index (κ1) is 13.9. The van der Waals surface area contributed by atoms with E-state index < -0.39 is 11.9 Å². The first-order valence-corrected chi connectivity index (χ1v) is 6.16. The molecule has 6 nitrogen and oxygen atoms in total. The first-order valence-electron chi connectivity index (χ1n) is 6.16. The van der Waals surface area contributed by atoms with Crippen molar-refractivity contribution in [1.29, 1.82) is 5.26 Å². The molecule has 0 saturated heterocycles. The molecule has 2 rings (SSSR count). The summed E-state index contributed by atoms with van der Waals surface area (Å²) in [6.07, 6.45) is 3.20. The minimum Gasteiger partial charge on any atom is -0.465 e. The number of methoxy groups -OCH3 is 1. The second-order valence-electron chi connectivity index (χ2n) is 4.53. The van der Waals surface area contributed by atoms with Gasteiger partial charge in [0.15, 0.2) is 0 Å². The number of carbonyl (C=O) groups excluding carboxylic acids is 2. The third-order valence-electron chi connectivity index (χ3n) is 2.91. The van der Waals surface area contributed by atoms with Crippen LogP contribution in [0.15, 0.2) is 16.1 Å². The fraction of sp³-hybridized carbons (Fsp3) is 0.357. The largest absolute Gasteiger partial charge is 0.465 e. The van der Waals surface area contributed by atoms with Crippen molar-refractivity contribution >= 4 is 18.0 Å². The lowest BCUT2D eigenvalue weighted by molar-refractivity contribution is -0.117. The first-order chi connectivity index (χ1) is 9.55. The van der Waals surface area contributed by atoms with Crippen LogP contribution in [0.25, 0.3) is 6.08 Å². The van der Waals surface area contributed by atoms with Crippen LogP contribution in [-0.2, 0) is 9.53 Å². The van der Waals surface area contributed by atoms with Crippen LogP contribution in [0.5, 0.6) is 0 Å². The molecule has 0 spiro atoms. The molecule has 1 N–H and O–H groups in total. The van der Waals surface area contributed by atoms with E-state index in [1.165, 1.54) is 19.3 Å². The summed E-state index contributed by atoms with van der Waals surface area (Å²) in [7, 11) is 1.27. The van der Waals surface area contributed by atoms with Gasteiger partial charge in [0.25, 0.3) is 5.91 Å². The van der Waals surface area contributed by atoms with Crippen molar-refractivity contribution < 1.29 is 18.7 Å². The highest BCUT2D eigenvalue weighted by atomic mass is 16.5. The molecule has 1 fully saturated rings. The number of amides is 1. The number of nitriles is 1. The molecule has 1 aromatic rings. The van der Waals surface area contributed by atoms with Gasteiger partial charge in [-0.3, -0.25) is 4.79 Å². The molecule has 104 valence electrons. The fourth-order valence-corrected chi connectivity index (χ4v) is 1.67. The van der Waals surface area contributed by atoms with Gasteiger partial charge >= 0.3 is 5.97 Å². The number of hydrogen-bond acceptors (Lipinski definition) is 5. The van der Waals surface area contributed by atoms with Gasteiger partial charge in [0.05, 0.1) is 7.11 Å². The van der Waals surface area contributed by atoms with E-state index in [0.717, 1.165) is 12.8 Å². The SMILES string of the molecule is COC(=O)c1cc(/C=C(\C#N)C(=O)NC2CC2)oc1C. The number of aryl methyl sites for hydroxylation is 1. The Kier molecular flexibility index (Phi) is 3.89. The summed E-state index contributed by atoms with van der Waals surface area (Å²) in [6, 6.07) is 3.45. The standard InChI is InChI=1S/C14H14N2O4/c1-8-12(14(18)19-2)6-11(20-8)5-9(7-15)13(17)16-10-3-4-10/h5-6,10H,3-4H2,1-2H3,(H,16,17)/b9-5+. The Bertz CT molecular complexity index is 618. The van der Waals surface area contributed by atoms with E-state index >= 15 is 0 Å². The van der Waals surface area contributed by atoms with E-state index in [-0.39, 0.29) is 22.9 Å². The maximum absolute atomic E-state index is 11.8. The van der Waals surface area contributed by atoms with Crippen LogP contribution >= 0.6 is 0 Å². The molecule has 1 amide bonds. The molecule has 0 unspecified atom stereocenters. The Morgan fingerprint density at radius 3 is 2.80 bits per heavy atom. The number of ether oxygens (including phenoxy) is 1. The van der Waals surface area contributed by atoms with Crippen LogP contribution in [0.3, 0.4) is 0 Å². The minimum absolute atomic E-state index is 0.0536. The van der Waals surface area contributed by atoms with E-state index in [1.54, 1.807) is 6.92 Å². The van der Waals surface area contributed by atoms with E-state index in [4.69, 9.17) is 9.68 Å². The number of carbonyl (C=O) groups is 2. The monoisotopic (exact) mass is 274 g/mol. The van der Waals surface area contributed by atoms with E-state index in [2.05, 4.69) is 10.1 Å². The average molecular weight is 274 g/mol. The molecule has 1 aliphatic carbocycles. The molecule has 1 saturated carbocycles. The summed E-state index contributed by atoms with van der Waals surface area (Å²) in [4.78, 5) is 23.2. The predicted octanol–water partition coefficient (Wildman–Crippen LogP) is 1.56. The summed E-state index contributed by atoms with van der Waals surface area (Å²) in [5.41, 5.74) is 0.223. The lowest BCUT2D eigenvalue weighted by Gasteiger charge is -1.99. The van der Waals surface area contributed by atoms with Crippen molar-refractivity contribution in [2.24, 2.45) is 0 Å². The van der Waals surface area contributed by atoms with Crippen LogP contribution in [0.2, 0.25) is 0 Å². The Morgan fingerprint density at radius 1 is 1.55 bits per heavy atom. The molecule has 1 aliphatic rings.